The molecule has 0 bridgehead atoms. The van der Waals surface area contributed by atoms with Gasteiger partial charge < -0.3 is 14.8 Å². The van der Waals surface area contributed by atoms with Gasteiger partial charge in [0, 0.05) is 44.8 Å². The first kappa shape index (κ1) is 24.3. The Balaban J connectivity index is 1.37. The Labute approximate surface area is 211 Å². The van der Waals surface area contributed by atoms with Gasteiger partial charge in [0.15, 0.2) is 17.0 Å². The Hall–Kier alpha value is -4.42. The number of fused-ring (bicyclic) bond motifs is 1. The molecule has 1 fully saturated rings. The van der Waals surface area contributed by atoms with E-state index in [-0.39, 0.29) is 22.5 Å². The van der Waals surface area contributed by atoms with Crippen molar-refractivity contribution in [2.24, 2.45) is 14.1 Å². The summed E-state index contributed by atoms with van der Waals surface area (Å²) in [5, 5.41) is 2.77. The molecule has 1 amide bonds. The number of hydrogen-bond acceptors (Lipinski definition) is 9. The third-order valence-electron chi connectivity index (χ3n) is 6.92. The van der Waals surface area contributed by atoms with Gasteiger partial charge in [-0.25, -0.2) is 29.7 Å². The van der Waals surface area contributed by atoms with Crippen LogP contribution in [0.5, 0.6) is 0 Å². The fourth-order valence-electron chi connectivity index (χ4n) is 4.64. The predicted molar refractivity (Wildman–Crippen MR) is 137 cm³/mol. The van der Waals surface area contributed by atoms with Crippen LogP contribution in [0.3, 0.4) is 0 Å². The number of carbonyl (C=O) groups excluding carboxylic acids is 1. The third-order valence-corrected chi connectivity index (χ3v) is 6.92. The lowest BCUT2D eigenvalue weighted by atomic mass is 10.0. The molecule has 1 N–H and O–H groups in total. The van der Waals surface area contributed by atoms with Crippen molar-refractivity contribution in [3.05, 3.63) is 51.8 Å². The highest BCUT2D eigenvalue weighted by Gasteiger charge is 2.33. The molecule has 0 radical (unpaired) electrons. The van der Waals surface area contributed by atoms with Crippen LogP contribution < -0.4 is 21.5 Å². The largest absolute Gasteiger partial charge is 0.336 e. The van der Waals surface area contributed by atoms with Crippen molar-refractivity contribution in [1.82, 2.24) is 38.6 Å². The second-order valence-electron chi connectivity index (χ2n) is 9.80. The Morgan fingerprint density at radius 1 is 1.08 bits per heavy atom. The molecule has 13 heteroatoms. The van der Waals surface area contributed by atoms with E-state index in [2.05, 4.69) is 49.0 Å². The number of aryl methyl sites for hydroxylation is 1. The second-order valence-corrected chi connectivity index (χ2v) is 9.80. The molecule has 37 heavy (non-hydrogen) atoms. The summed E-state index contributed by atoms with van der Waals surface area (Å²) in [4.78, 5) is 62.2. The molecular formula is C24H28N10O3. The van der Waals surface area contributed by atoms with E-state index in [1.165, 1.54) is 35.8 Å². The molecule has 0 aliphatic carbocycles. The van der Waals surface area contributed by atoms with E-state index in [9.17, 15) is 14.4 Å². The van der Waals surface area contributed by atoms with Crippen molar-refractivity contribution in [3.8, 4) is 11.4 Å². The first-order valence-electron chi connectivity index (χ1n) is 11.9. The van der Waals surface area contributed by atoms with E-state index in [4.69, 9.17) is 0 Å². The van der Waals surface area contributed by atoms with Crippen LogP contribution >= 0.6 is 0 Å². The van der Waals surface area contributed by atoms with Crippen molar-refractivity contribution in [2.45, 2.75) is 45.2 Å². The van der Waals surface area contributed by atoms with Crippen LogP contribution in [-0.4, -0.2) is 56.6 Å². The minimum atomic E-state index is -0.806. The zero-order chi connectivity index (χ0) is 26.5. The topological polar surface area (TPSA) is 146 Å². The molecule has 5 heterocycles. The van der Waals surface area contributed by atoms with Gasteiger partial charge in [0.2, 0.25) is 11.9 Å². The molecule has 0 spiro atoms. The third kappa shape index (κ3) is 4.15. The van der Waals surface area contributed by atoms with Crippen LogP contribution in [0.2, 0.25) is 0 Å². The number of nitrogens with one attached hydrogen (secondary N) is 1. The molecule has 1 aliphatic heterocycles. The van der Waals surface area contributed by atoms with Gasteiger partial charge in [-0.05, 0) is 39.7 Å². The number of carbonyl (C=O) groups is 1. The lowest BCUT2D eigenvalue weighted by molar-refractivity contribution is -0.118. The molecule has 13 nitrogen and oxygen atoms in total. The molecule has 4 aromatic heterocycles. The van der Waals surface area contributed by atoms with Gasteiger partial charge in [-0.2, -0.15) is 0 Å². The van der Waals surface area contributed by atoms with Gasteiger partial charge in [0.1, 0.15) is 11.9 Å². The molecule has 1 atom stereocenters. The SMILES string of the molecule is C[C@@H](C(=O)Nc1ccnc(-c2cnc(N3CCCC3(C)C)nc2)n1)n1cnc2c1c(=O)n(C)c(=O)n2C. The van der Waals surface area contributed by atoms with Gasteiger partial charge in [-0.15, -0.1) is 0 Å². The van der Waals surface area contributed by atoms with E-state index < -0.39 is 23.2 Å². The van der Waals surface area contributed by atoms with Crippen LogP contribution in [0, 0.1) is 0 Å². The summed E-state index contributed by atoms with van der Waals surface area (Å²) < 4.78 is 3.70. The highest BCUT2D eigenvalue weighted by atomic mass is 16.2. The maximum absolute atomic E-state index is 13.1. The average Bonchev–Trinajstić information content (AvgIpc) is 3.49. The number of amides is 1. The minimum Gasteiger partial charge on any atom is -0.336 e. The van der Waals surface area contributed by atoms with Gasteiger partial charge in [-0.1, -0.05) is 0 Å². The first-order valence-corrected chi connectivity index (χ1v) is 11.9. The Kier molecular flexibility index (Phi) is 5.85. The Morgan fingerprint density at radius 3 is 2.49 bits per heavy atom. The fourth-order valence-corrected chi connectivity index (χ4v) is 4.64. The maximum atomic E-state index is 13.1. The Bertz CT molecular complexity index is 1620. The lowest BCUT2D eigenvalue weighted by Gasteiger charge is -2.31. The van der Waals surface area contributed by atoms with Gasteiger partial charge in [0.05, 0.1) is 11.9 Å². The molecule has 0 unspecified atom stereocenters. The number of aromatic nitrogens is 8. The number of nitrogens with zero attached hydrogens (tertiary/aromatic N) is 9. The van der Waals surface area contributed by atoms with Crippen LogP contribution in [-0.2, 0) is 18.9 Å². The molecule has 192 valence electrons. The fraction of sp³-hybridized carbons (Fsp3) is 0.417. The average molecular weight is 505 g/mol. The highest BCUT2D eigenvalue weighted by molar-refractivity contribution is 5.93. The Morgan fingerprint density at radius 2 is 1.81 bits per heavy atom. The molecule has 1 saturated heterocycles. The maximum Gasteiger partial charge on any atom is 0.332 e. The van der Waals surface area contributed by atoms with Crippen molar-refractivity contribution in [3.63, 3.8) is 0 Å². The molecule has 1 aliphatic rings. The molecule has 4 aromatic rings. The second kappa shape index (κ2) is 8.91. The standard InChI is InChI=1S/C24H28N10O3/c1-14(33-13-28-19-17(33)21(36)32(5)23(37)31(19)4)20(35)30-16-7-9-25-18(29-16)15-11-26-22(27-12-15)34-10-6-8-24(34,2)3/h7,9,11-14H,6,8,10H2,1-5H3,(H,25,29,30,35)/t14-/m0/s1. The summed E-state index contributed by atoms with van der Waals surface area (Å²) >= 11 is 0. The summed E-state index contributed by atoms with van der Waals surface area (Å²) in [6.07, 6.45) is 8.46. The zero-order valence-corrected chi connectivity index (χ0v) is 21.3. The van der Waals surface area contributed by atoms with Gasteiger partial charge >= 0.3 is 5.69 Å². The number of hydrogen-bond donors (Lipinski definition) is 1. The van der Waals surface area contributed by atoms with Crippen molar-refractivity contribution in [1.29, 1.82) is 0 Å². The molecule has 0 saturated carbocycles. The summed E-state index contributed by atoms with van der Waals surface area (Å²) in [5.41, 5.74) is -0.0186. The highest BCUT2D eigenvalue weighted by Crippen LogP contribution is 2.31. The normalized spacial score (nSPS) is 15.8. The predicted octanol–water partition coefficient (Wildman–Crippen LogP) is 1.26. The van der Waals surface area contributed by atoms with Crippen LogP contribution in [0.4, 0.5) is 11.8 Å². The minimum absolute atomic E-state index is 0.0123. The summed E-state index contributed by atoms with van der Waals surface area (Å²) in [7, 11) is 2.91. The summed E-state index contributed by atoms with van der Waals surface area (Å²) in [6, 6.07) is 0.769. The molecule has 0 aromatic carbocycles. The zero-order valence-electron chi connectivity index (χ0n) is 21.3. The van der Waals surface area contributed by atoms with Gasteiger partial charge in [-0.3, -0.25) is 18.7 Å². The van der Waals surface area contributed by atoms with E-state index in [1.54, 1.807) is 25.4 Å². The quantitative estimate of drug-likeness (QED) is 0.424. The van der Waals surface area contributed by atoms with Crippen molar-refractivity contribution in [2.75, 3.05) is 16.8 Å². The monoisotopic (exact) mass is 504 g/mol. The smallest absolute Gasteiger partial charge is 0.332 e. The summed E-state index contributed by atoms with van der Waals surface area (Å²) in [5.74, 6) is 0.911. The lowest BCUT2D eigenvalue weighted by Crippen LogP contribution is -2.39. The van der Waals surface area contributed by atoms with Crippen molar-refractivity contribution >= 4 is 28.8 Å². The van der Waals surface area contributed by atoms with E-state index >= 15 is 0 Å². The van der Waals surface area contributed by atoms with Crippen LogP contribution in [0.25, 0.3) is 22.6 Å². The van der Waals surface area contributed by atoms with Crippen molar-refractivity contribution < 1.29 is 4.79 Å². The summed E-state index contributed by atoms with van der Waals surface area (Å²) in [6.45, 7) is 6.91. The molecule has 5 rings (SSSR count). The van der Waals surface area contributed by atoms with E-state index in [0.29, 0.717) is 17.3 Å². The van der Waals surface area contributed by atoms with E-state index in [0.717, 1.165) is 24.0 Å². The molecular weight excluding hydrogens is 476 g/mol. The van der Waals surface area contributed by atoms with E-state index in [1.807, 2.05) is 0 Å². The van der Waals surface area contributed by atoms with Crippen LogP contribution in [0.15, 0.2) is 40.6 Å². The number of anilines is 2. The number of imidazole rings is 1. The first-order chi connectivity index (χ1) is 17.6. The van der Waals surface area contributed by atoms with Crippen LogP contribution in [0.1, 0.15) is 39.7 Å². The number of rotatable bonds is 5. The van der Waals surface area contributed by atoms with Gasteiger partial charge in [0.25, 0.3) is 5.56 Å².